The number of thiazole rings is 1. The summed E-state index contributed by atoms with van der Waals surface area (Å²) in [5, 5.41) is 0. The predicted molar refractivity (Wildman–Crippen MR) is 161 cm³/mol. The Morgan fingerprint density at radius 1 is 1.00 bits per heavy atom. The number of esters is 1. The third-order valence-electron chi connectivity index (χ3n) is 6.95. The summed E-state index contributed by atoms with van der Waals surface area (Å²) < 4.78 is 24.4. The highest BCUT2D eigenvalue weighted by atomic mass is 32.1. The molecule has 0 fully saturated rings. The second-order valence-electron chi connectivity index (χ2n) is 9.24. The molecule has 1 aliphatic heterocycles. The fourth-order valence-corrected chi connectivity index (χ4v) is 6.02. The number of benzene rings is 2. The molecule has 2 aromatic carbocycles. The summed E-state index contributed by atoms with van der Waals surface area (Å²) >= 11 is 1.27. The largest absolute Gasteiger partial charge is 0.496 e. The van der Waals surface area contributed by atoms with Gasteiger partial charge in [0.25, 0.3) is 5.56 Å². The summed E-state index contributed by atoms with van der Waals surface area (Å²) in [6.45, 7) is 12.0. The molecule has 1 unspecified atom stereocenters. The van der Waals surface area contributed by atoms with Gasteiger partial charge in [0.05, 0.1) is 49.3 Å². The number of nitrogens with zero attached hydrogens (tertiary/aromatic N) is 3. The summed E-state index contributed by atoms with van der Waals surface area (Å²) in [5.41, 5.74) is 3.03. The molecule has 4 rings (SSSR count). The molecule has 0 aliphatic carbocycles. The summed E-state index contributed by atoms with van der Waals surface area (Å²) in [6, 6.07) is 10.6. The summed E-state index contributed by atoms with van der Waals surface area (Å²) in [4.78, 5) is 34.7. The molecule has 0 bridgehead atoms. The predicted octanol–water partition coefficient (Wildman–Crippen LogP) is 4.06. The Morgan fingerprint density at radius 2 is 1.73 bits per heavy atom. The number of carbonyl (C=O) groups is 1. The minimum atomic E-state index is -0.760. The number of carbonyl (C=O) groups excluding carboxylic acids is 1. The lowest BCUT2D eigenvalue weighted by Gasteiger charge is -2.25. The molecule has 1 atom stereocenters. The van der Waals surface area contributed by atoms with E-state index in [1.807, 2.05) is 37.3 Å². The SMILES string of the molecule is CCOC(=O)C1=C(C)N=c2s/c(=C\c3ccc(N(CC)CC)cc3OC)c(=O)n2C1c1ccc(OC)c(OCC)c1. The van der Waals surface area contributed by atoms with Gasteiger partial charge in [-0.15, -0.1) is 0 Å². The molecule has 3 aromatic rings. The molecule has 0 amide bonds. The smallest absolute Gasteiger partial charge is 0.338 e. The zero-order valence-corrected chi connectivity index (χ0v) is 25.5. The molecular formula is C31H37N3O6S. The fraction of sp³-hybridized carbons (Fsp3) is 0.387. The Labute approximate surface area is 244 Å². The van der Waals surface area contributed by atoms with Gasteiger partial charge in [0.1, 0.15) is 5.75 Å². The standard InChI is InChI=1S/C31H37N3O6S/c1-8-33(9-2)22-14-12-20(24(18-22)38-7)17-26-29(35)34-28(21-13-15-23(37-6)25(16-21)39-10-3)27(30(36)40-11-4)19(5)32-31(34)41-26/h12-18,28H,8-11H2,1-7H3/b26-17-. The van der Waals surface area contributed by atoms with Gasteiger partial charge in [0.2, 0.25) is 0 Å². The van der Waals surface area contributed by atoms with Gasteiger partial charge in [-0.3, -0.25) is 9.36 Å². The number of aromatic nitrogens is 1. The maximum absolute atomic E-state index is 14.0. The van der Waals surface area contributed by atoms with Gasteiger partial charge in [-0.1, -0.05) is 17.4 Å². The molecule has 41 heavy (non-hydrogen) atoms. The first-order chi connectivity index (χ1) is 19.8. The molecule has 0 radical (unpaired) electrons. The molecular weight excluding hydrogens is 542 g/mol. The van der Waals surface area contributed by atoms with E-state index in [0.29, 0.717) is 50.0 Å². The molecule has 0 spiro atoms. The number of anilines is 1. The zero-order chi connectivity index (χ0) is 29.7. The average molecular weight is 580 g/mol. The van der Waals surface area contributed by atoms with Crippen LogP contribution >= 0.6 is 11.3 Å². The average Bonchev–Trinajstić information content (AvgIpc) is 3.27. The molecule has 2 heterocycles. The van der Waals surface area contributed by atoms with Gasteiger partial charge in [-0.05, 0) is 70.5 Å². The highest BCUT2D eigenvalue weighted by molar-refractivity contribution is 7.07. The Bertz CT molecular complexity index is 1630. The first-order valence-electron chi connectivity index (χ1n) is 13.7. The van der Waals surface area contributed by atoms with Gasteiger partial charge in [-0.25, -0.2) is 9.79 Å². The van der Waals surface area contributed by atoms with Crippen LogP contribution in [-0.4, -0.2) is 51.1 Å². The van der Waals surface area contributed by atoms with Crippen LogP contribution in [0.2, 0.25) is 0 Å². The monoisotopic (exact) mass is 579 g/mol. The Kier molecular flexibility index (Phi) is 9.54. The lowest BCUT2D eigenvalue weighted by atomic mass is 9.95. The molecule has 0 saturated carbocycles. The van der Waals surface area contributed by atoms with Crippen LogP contribution in [0.3, 0.4) is 0 Å². The lowest BCUT2D eigenvalue weighted by molar-refractivity contribution is -0.139. The van der Waals surface area contributed by atoms with Crippen molar-refractivity contribution in [3.63, 3.8) is 0 Å². The van der Waals surface area contributed by atoms with Crippen molar-refractivity contribution in [1.29, 1.82) is 0 Å². The maximum atomic E-state index is 14.0. The van der Waals surface area contributed by atoms with E-state index < -0.39 is 12.0 Å². The number of hydrogen-bond acceptors (Lipinski definition) is 9. The van der Waals surface area contributed by atoms with Crippen LogP contribution in [-0.2, 0) is 9.53 Å². The summed E-state index contributed by atoms with van der Waals surface area (Å²) in [6.07, 6.45) is 1.81. The van der Waals surface area contributed by atoms with Crippen LogP contribution in [0.1, 0.15) is 51.8 Å². The van der Waals surface area contributed by atoms with Crippen molar-refractivity contribution in [1.82, 2.24) is 4.57 Å². The second kappa shape index (κ2) is 13.1. The van der Waals surface area contributed by atoms with Crippen LogP contribution in [0.15, 0.2) is 57.5 Å². The topological polar surface area (TPSA) is 91.6 Å². The summed E-state index contributed by atoms with van der Waals surface area (Å²) in [5.74, 6) is 1.22. The van der Waals surface area contributed by atoms with E-state index in [-0.39, 0.29) is 12.2 Å². The first kappa shape index (κ1) is 29.9. The normalized spacial score (nSPS) is 14.8. The lowest BCUT2D eigenvalue weighted by Crippen LogP contribution is -2.40. The number of hydrogen-bond donors (Lipinski definition) is 0. The molecule has 1 aliphatic rings. The number of ether oxygens (including phenoxy) is 4. The van der Waals surface area contributed by atoms with E-state index in [1.54, 1.807) is 44.8 Å². The summed E-state index contributed by atoms with van der Waals surface area (Å²) in [7, 11) is 3.19. The molecule has 0 N–H and O–H groups in total. The molecule has 0 saturated heterocycles. The first-order valence-corrected chi connectivity index (χ1v) is 14.6. The van der Waals surface area contributed by atoms with E-state index in [1.165, 1.54) is 11.3 Å². The van der Waals surface area contributed by atoms with E-state index in [2.05, 4.69) is 23.7 Å². The van der Waals surface area contributed by atoms with Gasteiger partial charge < -0.3 is 23.8 Å². The highest BCUT2D eigenvalue weighted by Gasteiger charge is 2.34. The highest BCUT2D eigenvalue weighted by Crippen LogP contribution is 2.36. The third kappa shape index (κ3) is 5.88. The quantitative estimate of drug-likeness (QED) is 0.317. The second-order valence-corrected chi connectivity index (χ2v) is 10.3. The third-order valence-corrected chi connectivity index (χ3v) is 7.94. The molecule has 10 heteroatoms. The maximum Gasteiger partial charge on any atom is 0.338 e. The number of fused-ring (bicyclic) bond motifs is 1. The van der Waals surface area contributed by atoms with Crippen LogP contribution in [0, 0.1) is 0 Å². The van der Waals surface area contributed by atoms with Gasteiger partial charge >= 0.3 is 5.97 Å². The molecule has 218 valence electrons. The van der Waals surface area contributed by atoms with Gasteiger partial charge in [0, 0.05) is 30.4 Å². The van der Waals surface area contributed by atoms with Crippen LogP contribution in [0.4, 0.5) is 5.69 Å². The van der Waals surface area contributed by atoms with Crippen molar-refractivity contribution in [2.24, 2.45) is 4.99 Å². The minimum absolute atomic E-state index is 0.197. The zero-order valence-electron chi connectivity index (χ0n) is 24.6. The number of rotatable bonds is 11. The Balaban J connectivity index is 1.93. The Hall–Kier alpha value is -4.05. The van der Waals surface area contributed by atoms with E-state index in [0.717, 1.165) is 24.3 Å². The van der Waals surface area contributed by atoms with Crippen molar-refractivity contribution in [2.45, 2.75) is 40.7 Å². The Morgan fingerprint density at radius 3 is 2.37 bits per heavy atom. The van der Waals surface area contributed by atoms with E-state index in [4.69, 9.17) is 18.9 Å². The van der Waals surface area contributed by atoms with Crippen molar-refractivity contribution in [2.75, 3.05) is 45.4 Å². The van der Waals surface area contributed by atoms with Crippen LogP contribution < -0.4 is 34.0 Å². The number of allylic oxidation sites excluding steroid dienone is 1. The number of methoxy groups -OCH3 is 2. The van der Waals surface area contributed by atoms with Gasteiger partial charge in [0.15, 0.2) is 16.3 Å². The van der Waals surface area contributed by atoms with E-state index in [9.17, 15) is 9.59 Å². The van der Waals surface area contributed by atoms with E-state index >= 15 is 0 Å². The van der Waals surface area contributed by atoms with Gasteiger partial charge in [-0.2, -0.15) is 0 Å². The van der Waals surface area contributed by atoms with Crippen molar-refractivity contribution < 1.29 is 23.7 Å². The molecule has 1 aromatic heterocycles. The molecule has 9 nitrogen and oxygen atoms in total. The van der Waals surface area contributed by atoms with Crippen LogP contribution in [0.5, 0.6) is 17.2 Å². The van der Waals surface area contributed by atoms with Crippen LogP contribution in [0.25, 0.3) is 6.08 Å². The van der Waals surface area contributed by atoms with Crippen molar-refractivity contribution in [3.8, 4) is 17.2 Å². The van der Waals surface area contributed by atoms with Crippen molar-refractivity contribution >= 4 is 29.1 Å². The fourth-order valence-electron chi connectivity index (χ4n) is 4.98. The van der Waals surface area contributed by atoms with Crippen molar-refractivity contribution in [3.05, 3.63) is 78.5 Å². The minimum Gasteiger partial charge on any atom is -0.496 e.